The fourth-order valence-electron chi connectivity index (χ4n) is 3.73. The summed E-state index contributed by atoms with van der Waals surface area (Å²) in [4.78, 5) is 22.4. The highest BCUT2D eigenvalue weighted by atomic mass is 32.1. The number of aromatic nitrogens is 1. The number of hydrogen-bond donors (Lipinski definition) is 0. The summed E-state index contributed by atoms with van der Waals surface area (Å²) in [6.07, 6.45) is 0.346. The molecule has 0 atom stereocenters. The van der Waals surface area contributed by atoms with E-state index >= 15 is 0 Å². The maximum Gasteiger partial charge on any atom is 0.233 e. The van der Waals surface area contributed by atoms with Crippen LogP contribution in [0.2, 0.25) is 0 Å². The van der Waals surface area contributed by atoms with E-state index in [0.29, 0.717) is 19.6 Å². The van der Waals surface area contributed by atoms with Crippen LogP contribution in [0.3, 0.4) is 0 Å². The van der Waals surface area contributed by atoms with Crippen LogP contribution in [0.25, 0.3) is 10.2 Å². The van der Waals surface area contributed by atoms with E-state index in [1.165, 1.54) is 11.1 Å². The Hall–Kier alpha value is -2.44. The average molecular weight is 440 g/mol. The van der Waals surface area contributed by atoms with Crippen molar-refractivity contribution in [3.63, 3.8) is 0 Å². The Morgan fingerprint density at radius 2 is 1.74 bits per heavy atom. The number of ether oxygens (including phenoxy) is 1. The number of hydrogen-bond acceptors (Lipinski definition) is 5. The summed E-state index contributed by atoms with van der Waals surface area (Å²) in [7, 11) is 0. The molecule has 166 valence electrons. The van der Waals surface area contributed by atoms with Crippen molar-refractivity contribution in [2.75, 3.05) is 37.7 Å². The molecule has 0 aliphatic rings. The van der Waals surface area contributed by atoms with Crippen LogP contribution in [0.1, 0.15) is 37.5 Å². The summed E-state index contributed by atoms with van der Waals surface area (Å²) in [5.74, 6) is 0.902. The fourth-order valence-corrected chi connectivity index (χ4v) is 4.79. The van der Waals surface area contributed by atoms with E-state index < -0.39 is 0 Å². The molecule has 1 amide bonds. The summed E-state index contributed by atoms with van der Waals surface area (Å²) in [6, 6.07) is 12.1. The number of aryl methyl sites for hydroxylation is 2. The van der Waals surface area contributed by atoms with Gasteiger partial charge in [0.1, 0.15) is 5.75 Å². The number of anilines is 1. The predicted molar refractivity (Wildman–Crippen MR) is 131 cm³/mol. The Morgan fingerprint density at radius 1 is 1.03 bits per heavy atom. The van der Waals surface area contributed by atoms with Crippen LogP contribution < -0.4 is 9.64 Å². The Labute approximate surface area is 189 Å². The van der Waals surface area contributed by atoms with Crippen molar-refractivity contribution < 1.29 is 9.53 Å². The maximum atomic E-state index is 13.4. The predicted octanol–water partition coefficient (Wildman–Crippen LogP) is 5.23. The molecule has 3 rings (SSSR count). The van der Waals surface area contributed by atoms with Gasteiger partial charge in [0.2, 0.25) is 5.91 Å². The topological polar surface area (TPSA) is 45.7 Å². The molecule has 1 aromatic heterocycles. The third-order valence-electron chi connectivity index (χ3n) is 5.46. The second-order valence-corrected chi connectivity index (χ2v) is 8.73. The van der Waals surface area contributed by atoms with Gasteiger partial charge in [-0.2, -0.15) is 0 Å². The van der Waals surface area contributed by atoms with Crippen LogP contribution in [-0.2, 0) is 11.2 Å². The summed E-state index contributed by atoms with van der Waals surface area (Å²) < 4.78 is 6.67. The minimum absolute atomic E-state index is 0.0738. The summed E-state index contributed by atoms with van der Waals surface area (Å²) in [6.45, 7) is 14.5. The third-order valence-corrected chi connectivity index (χ3v) is 6.69. The molecule has 0 unspecified atom stereocenters. The molecule has 0 aliphatic heterocycles. The molecule has 0 spiro atoms. The van der Waals surface area contributed by atoms with Crippen LogP contribution in [-0.4, -0.2) is 48.6 Å². The van der Waals surface area contributed by atoms with Gasteiger partial charge in [-0.3, -0.25) is 9.69 Å². The van der Waals surface area contributed by atoms with Gasteiger partial charge in [-0.25, -0.2) is 4.98 Å². The van der Waals surface area contributed by atoms with E-state index in [-0.39, 0.29) is 5.91 Å². The first-order chi connectivity index (χ1) is 14.9. The molecule has 0 aliphatic carbocycles. The number of benzene rings is 2. The lowest BCUT2D eigenvalue weighted by Crippen LogP contribution is -2.39. The van der Waals surface area contributed by atoms with Gasteiger partial charge < -0.3 is 9.64 Å². The third kappa shape index (κ3) is 5.83. The first kappa shape index (κ1) is 23.2. The molecule has 0 N–H and O–H groups in total. The standard InChI is InChI=1S/C25H33N3O2S/c1-6-27(7-2)13-14-28(23(29)17-20-9-11-21(12-10-20)30-8-3)25-26-22-16-18(4)15-19(5)24(22)31-25/h9-12,15-16H,6-8,13-14,17H2,1-5H3. The molecule has 0 radical (unpaired) electrons. The fraction of sp³-hybridized carbons (Fsp3) is 0.440. The Balaban J connectivity index is 1.86. The molecule has 31 heavy (non-hydrogen) atoms. The highest BCUT2D eigenvalue weighted by Crippen LogP contribution is 2.32. The van der Waals surface area contributed by atoms with Gasteiger partial charge in [0, 0.05) is 13.1 Å². The molecular weight excluding hydrogens is 406 g/mol. The Morgan fingerprint density at radius 3 is 2.39 bits per heavy atom. The number of nitrogens with zero attached hydrogens (tertiary/aromatic N) is 3. The normalized spacial score (nSPS) is 11.3. The van der Waals surface area contributed by atoms with E-state index in [1.807, 2.05) is 36.1 Å². The lowest BCUT2D eigenvalue weighted by atomic mass is 10.1. The number of carbonyl (C=O) groups is 1. The van der Waals surface area contributed by atoms with E-state index in [2.05, 4.69) is 44.7 Å². The zero-order valence-corrected chi connectivity index (χ0v) is 20.1. The lowest BCUT2D eigenvalue weighted by molar-refractivity contribution is -0.118. The van der Waals surface area contributed by atoms with Crippen LogP contribution in [0, 0.1) is 13.8 Å². The highest BCUT2D eigenvalue weighted by molar-refractivity contribution is 7.22. The van der Waals surface area contributed by atoms with Gasteiger partial charge in [0.25, 0.3) is 0 Å². The van der Waals surface area contributed by atoms with Crippen LogP contribution in [0.4, 0.5) is 5.13 Å². The van der Waals surface area contributed by atoms with Crippen molar-refractivity contribution in [2.24, 2.45) is 0 Å². The number of fused-ring (bicyclic) bond motifs is 1. The number of likely N-dealkylation sites (N-methyl/N-ethyl adjacent to an activating group) is 1. The van der Waals surface area contributed by atoms with Gasteiger partial charge in [0.05, 0.1) is 23.2 Å². The number of rotatable bonds is 10. The van der Waals surface area contributed by atoms with Gasteiger partial charge in [-0.15, -0.1) is 0 Å². The first-order valence-electron chi connectivity index (χ1n) is 11.1. The Bertz CT molecular complexity index is 1010. The van der Waals surface area contributed by atoms with Crippen LogP contribution in [0.5, 0.6) is 5.75 Å². The van der Waals surface area contributed by atoms with Gasteiger partial charge >= 0.3 is 0 Å². The van der Waals surface area contributed by atoms with E-state index in [4.69, 9.17) is 9.72 Å². The second-order valence-electron chi connectivity index (χ2n) is 7.75. The minimum Gasteiger partial charge on any atom is -0.494 e. The molecule has 0 bridgehead atoms. The van der Waals surface area contributed by atoms with Crippen molar-refractivity contribution in [2.45, 2.75) is 41.0 Å². The molecule has 6 heteroatoms. The highest BCUT2D eigenvalue weighted by Gasteiger charge is 2.21. The first-order valence-corrected chi connectivity index (χ1v) is 11.9. The quantitative estimate of drug-likeness (QED) is 0.434. The van der Waals surface area contributed by atoms with Crippen LogP contribution in [0.15, 0.2) is 36.4 Å². The van der Waals surface area contributed by atoms with Gasteiger partial charge in [0.15, 0.2) is 5.13 Å². The summed E-state index contributed by atoms with van der Waals surface area (Å²) in [5, 5.41) is 0.784. The number of carbonyl (C=O) groups excluding carboxylic acids is 1. The van der Waals surface area contributed by atoms with Crippen molar-refractivity contribution in [3.8, 4) is 5.75 Å². The van der Waals surface area contributed by atoms with Gasteiger partial charge in [-0.05, 0) is 68.8 Å². The van der Waals surface area contributed by atoms with Crippen molar-refractivity contribution in [1.82, 2.24) is 9.88 Å². The molecule has 0 fully saturated rings. The molecule has 1 heterocycles. The molecule has 3 aromatic rings. The summed E-state index contributed by atoms with van der Waals surface area (Å²) in [5.41, 5.74) is 4.35. The van der Waals surface area contributed by atoms with Crippen LogP contribution >= 0.6 is 11.3 Å². The zero-order chi connectivity index (χ0) is 22.4. The Kier molecular flexibility index (Phi) is 8.04. The lowest BCUT2D eigenvalue weighted by Gasteiger charge is -2.24. The maximum absolute atomic E-state index is 13.4. The van der Waals surface area contributed by atoms with E-state index in [9.17, 15) is 4.79 Å². The molecule has 2 aromatic carbocycles. The number of thiazole rings is 1. The van der Waals surface area contributed by atoms with E-state index in [1.54, 1.807) is 11.3 Å². The van der Waals surface area contributed by atoms with Crippen molar-refractivity contribution in [1.29, 1.82) is 0 Å². The average Bonchev–Trinajstić information content (AvgIpc) is 3.16. The van der Waals surface area contributed by atoms with Crippen molar-refractivity contribution in [3.05, 3.63) is 53.1 Å². The molecule has 0 saturated carbocycles. The smallest absolute Gasteiger partial charge is 0.233 e. The number of amides is 1. The molecular formula is C25H33N3O2S. The second kappa shape index (κ2) is 10.7. The molecule has 5 nitrogen and oxygen atoms in total. The minimum atomic E-state index is 0.0738. The monoisotopic (exact) mass is 439 g/mol. The zero-order valence-electron chi connectivity index (χ0n) is 19.3. The van der Waals surface area contributed by atoms with Crippen molar-refractivity contribution >= 4 is 32.6 Å². The van der Waals surface area contributed by atoms with E-state index in [0.717, 1.165) is 46.3 Å². The summed E-state index contributed by atoms with van der Waals surface area (Å²) >= 11 is 1.61. The SMILES string of the molecule is CCOc1ccc(CC(=O)N(CCN(CC)CC)c2nc3cc(C)cc(C)c3s2)cc1. The van der Waals surface area contributed by atoms with Gasteiger partial charge in [-0.1, -0.05) is 43.4 Å². The molecule has 0 saturated heterocycles. The largest absolute Gasteiger partial charge is 0.494 e.